The van der Waals surface area contributed by atoms with E-state index in [4.69, 9.17) is 0 Å². The van der Waals surface area contributed by atoms with Crippen molar-refractivity contribution in [2.24, 2.45) is 0 Å². The van der Waals surface area contributed by atoms with E-state index < -0.39 is 0 Å². The van der Waals surface area contributed by atoms with Gasteiger partial charge in [0.25, 0.3) is 0 Å². The number of amides is 1. The van der Waals surface area contributed by atoms with E-state index in [1.165, 1.54) is 5.56 Å². The molecule has 0 bridgehead atoms. The maximum atomic E-state index is 11.3. The van der Waals surface area contributed by atoms with Gasteiger partial charge in [0.15, 0.2) is 0 Å². The van der Waals surface area contributed by atoms with Crippen molar-refractivity contribution >= 4 is 5.91 Å². The zero-order valence-corrected chi connectivity index (χ0v) is 11.4. The van der Waals surface area contributed by atoms with Crippen LogP contribution in [0.1, 0.15) is 42.4 Å². The Morgan fingerprint density at radius 2 is 1.83 bits per heavy atom. The molecule has 1 aliphatic heterocycles. The lowest BCUT2D eigenvalue weighted by Crippen LogP contribution is -2.36. The number of phenols is 1. The summed E-state index contributed by atoms with van der Waals surface area (Å²) in [6.07, 6.45) is 2.04. The number of rotatable bonds is 1. The molecule has 1 fully saturated rings. The minimum absolute atomic E-state index is 0.173. The Kier molecular flexibility index (Phi) is 3.60. The smallest absolute Gasteiger partial charge is 0.219 e. The van der Waals surface area contributed by atoms with E-state index in [1.54, 1.807) is 6.92 Å². The van der Waals surface area contributed by atoms with Crippen LogP contribution >= 0.6 is 0 Å². The fourth-order valence-electron chi connectivity index (χ4n) is 2.77. The second-order valence-electron chi connectivity index (χ2n) is 5.28. The standard InChI is InChI=1S/C15H21NO2/c1-10-9-15(18)11(2)8-14(10)13-4-6-16(7-5-13)12(3)17/h8-9,13,18H,4-7H2,1-3H3. The van der Waals surface area contributed by atoms with Crippen LogP contribution in [0.2, 0.25) is 0 Å². The number of carbonyl (C=O) groups excluding carboxylic acids is 1. The van der Waals surface area contributed by atoms with E-state index in [1.807, 2.05) is 24.8 Å². The zero-order valence-electron chi connectivity index (χ0n) is 11.4. The number of piperidine rings is 1. The fourth-order valence-corrected chi connectivity index (χ4v) is 2.77. The Bertz CT molecular complexity index is 460. The van der Waals surface area contributed by atoms with Crippen molar-refractivity contribution in [2.45, 2.75) is 39.5 Å². The van der Waals surface area contributed by atoms with Crippen LogP contribution in [0.3, 0.4) is 0 Å². The number of aryl methyl sites for hydroxylation is 2. The molecule has 0 aliphatic carbocycles. The molecule has 1 heterocycles. The van der Waals surface area contributed by atoms with Crippen LogP contribution in [0.4, 0.5) is 0 Å². The van der Waals surface area contributed by atoms with Crippen LogP contribution in [0.25, 0.3) is 0 Å². The van der Waals surface area contributed by atoms with Crippen molar-refractivity contribution in [2.75, 3.05) is 13.1 Å². The van der Waals surface area contributed by atoms with E-state index in [0.29, 0.717) is 11.7 Å². The third kappa shape index (κ3) is 2.50. The summed E-state index contributed by atoms with van der Waals surface area (Å²) in [6.45, 7) is 7.31. The normalized spacial score (nSPS) is 16.9. The van der Waals surface area contributed by atoms with Gasteiger partial charge in [-0.1, -0.05) is 6.07 Å². The first-order valence-corrected chi connectivity index (χ1v) is 6.54. The summed E-state index contributed by atoms with van der Waals surface area (Å²) in [5.41, 5.74) is 3.41. The minimum Gasteiger partial charge on any atom is -0.508 e. The first-order valence-electron chi connectivity index (χ1n) is 6.54. The average Bonchev–Trinajstić information content (AvgIpc) is 2.34. The lowest BCUT2D eigenvalue weighted by Gasteiger charge is -2.32. The number of aromatic hydroxyl groups is 1. The minimum atomic E-state index is 0.173. The Morgan fingerprint density at radius 3 is 2.39 bits per heavy atom. The van der Waals surface area contributed by atoms with Gasteiger partial charge in [-0.25, -0.2) is 0 Å². The van der Waals surface area contributed by atoms with Crippen molar-refractivity contribution in [3.05, 3.63) is 28.8 Å². The van der Waals surface area contributed by atoms with Crippen LogP contribution in [-0.4, -0.2) is 29.0 Å². The van der Waals surface area contributed by atoms with Gasteiger partial charge < -0.3 is 10.0 Å². The molecule has 0 spiro atoms. The van der Waals surface area contributed by atoms with Gasteiger partial charge in [-0.15, -0.1) is 0 Å². The maximum Gasteiger partial charge on any atom is 0.219 e. The Morgan fingerprint density at radius 1 is 1.22 bits per heavy atom. The molecule has 1 N–H and O–H groups in total. The second kappa shape index (κ2) is 5.01. The first-order chi connectivity index (χ1) is 8.49. The van der Waals surface area contributed by atoms with E-state index in [2.05, 4.69) is 6.07 Å². The molecule has 18 heavy (non-hydrogen) atoms. The van der Waals surface area contributed by atoms with Crippen molar-refractivity contribution in [1.29, 1.82) is 0 Å². The number of phenolic OH excluding ortho intramolecular Hbond substituents is 1. The van der Waals surface area contributed by atoms with Crippen molar-refractivity contribution in [1.82, 2.24) is 4.90 Å². The van der Waals surface area contributed by atoms with Gasteiger partial charge in [-0.3, -0.25) is 4.79 Å². The molecule has 1 aliphatic rings. The highest BCUT2D eigenvalue weighted by Gasteiger charge is 2.23. The van der Waals surface area contributed by atoms with Gasteiger partial charge >= 0.3 is 0 Å². The Hall–Kier alpha value is -1.51. The first kappa shape index (κ1) is 12.9. The lowest BCUT2D eigenvalue weighted by atomic mass is 9.86. The predicted octanol–water partition coefficient (Wildman–Crippen LogP) is 2.73. The van der Waals surface area contributed by atoms with E-state index in [0.717, 1.165) is 37.1 Å². The van der Waals surface area contributed by atoms with E-state index >= 15 is 0 Å². The molecule has 0 atom stereocenters. The summed E-state index contributed by atoms with van der Waals surface area (Å²) >= 11 is 0. The molecular weight excluding hydrogens is 226 g/mol. The number of nitrogens with zero attached hydrogens (tertiary/aromatic N) is 1. The molecule has 0 unspecified atom stereocenters. The number of carbonyl (C=O) groups is 1. The van der Waals surface area contributed by atoms with E-state index in [9.17, 15) is 9.90 Å². The van der Waals surface area contributed by atoms with Gasteiger partial charge in [0.2, 0.25) is 5.91 Å². The molecule has 3 heteroatoms. The highest BCUT2D eigenvalue weighted by molar-refractivity contribution is 5.73. The Labute approximate surface area is 108 Å². The highest BCUT2D eigenvalue weighted by atomic mass is 16.3. The monoisotopic (exact) mass is 247 g/mol. The number of benzene rings is 1. The quantitative estimate of drug-likeness (QED) is 0.829. The van der Waals surface area contributed by atoms with Gasteiger partial charge in [-0.2, -0.15) is 0 Å². The van der Waals surface area contributed by atoms with Crippen LogP contribution in [0.15, 0.2) is 12.1 Å². The summed E-state index contributed by atoms with van der Waals surface area (Å²) in [6, 6.07) is 3.95. The molecule has 0 saturated carbocycles. The van der Waals surface area contributed by atoms with Crippen molar-refractivity contribution in [3.63, 3.8) is 0 Å². The molecule has 1 saturated heterocycles. The van der Waals surface area contributed by atoms with Crippen molar-refractivity contribution in [3.8, 4) is 5.75 Å². The number of likely N-dealkylation sites (tertiary alicyclic amines) is 1. The van der Waals surface area contributed by atoms with Gasteiger partial charge in [0.05, 0.1) is 0 Å². The van der Waals surface area contributed by atoms with Crippen LogP contribution in [-0.2, 0) is 4.79 Å². The Balaban J connectivity index is 2.15. The molecule has 98 valence electrons. The van der Waals surface area contributed by atoms with Crippen LogP contribution in [0.5, 0.6) is 5.75 Å². The third-order valence-corrected chi connectivity index (χ3v) is 3.96. The van der Waals surface area contributed by atoms with Gasteiger partial charge in [0, 0.05) is 20.0 Å². The van der Waals surface area contributed by atoms with Gasteiger partial charge in [0.1, 0.15) is 5.75 Å². The summed E-state index contributed by atoms with van der Waals surface area (Å²) in [7, 11) is 0. The molecule has 2 rings (SSSR count). The molecule has 3 nitrogen and oxygen atoms in total. The summed E-state index contributed by atoms with van der Waals surface area (Å²) in [5, 5.41) is 9.68. The number of hydrogen-bond acceptors (Lipinski definition) is 2. The molecular formula is C15H21NO2. The molecule has 1 aromatic carbocycles. The van der Waals surface area contributed by atoms with Crippen molar-refractivity contribution < 1.29 is 9.90 Å². The van der Waals surface area contributed by atoms with E-state index in [-0.39, 0.29) is 5.91 Å². The second-order valence-corrected chi connectivity index (χ2v) is 5.28. The number of hydrogen-bond donors (Lipinski definition) is 1. The zero-order chi connectivity index (χ0) is 13.3. The lowest BCUT2D eigenvalue weighted by molar-refractivity contribution is -0.129. The summed E-state index contributed by atoms with van der Waals surface area (Å²) in [5.74, 6) is 1.06. The predicted molar refractivity (Wildman–Crippen MR) is 71.8 cm³/mol. The third-order valence-electron chi connectivity index (χ3n) is 3.96. The summed E-state index contributed by atoms with van der Waals surface area (Å²) in [4.78, 5) is 13.2. The maximum absolute atomic E-state index is 11.3. The van der Waals surface area contributed by atoms with Gasteiger partial charge in [-0.05, 0) is 55.4 Å². The molecule has 1 aromatic rings. The highest BCUT2D eigenvalue weighted by Crippen LogP contribution is 2.33. The molecule has 1 amide bonds. The SMILES string of the molecule is CC(=O)N1CCC(c2cc(C)c(O)cc2C)CC1. The largest absolute Gasteiger partial charge is 0.508 e. The fraction of sp³-hybridized carbons (Fsp3) is 0.533. The summed E-state index contributed by atoms with van der Waals surface area (Å²) < 4.78 is 0. The van der Waals surface area contributed by atoms with Crippen LogP contribution in [0, 0.1) is 13.8 Å². The average molecular weight is 247 g/mol. The van der Waals surface area contributed by atoms with Crippen LogP contribution < -0.4 is 0 Å². The molecule has 0 aromatic heterocycles. The molecule has 0 radical (unpaired) electrons. The topological polar surface area (TPSA) is 40.5 Å².